The zero-order chi connectivity index (χ0) is 14.0. The molecule has 0 radical (unpaired) electrons. The first kappa shape index (κ1) is 14.6. The normalized spacial score (nSPS) is 12.3. The van der Waals surface area contributed by atoms with E-state index < -0.39 is 0 Å². The molecule has 0 saturated heterocycles. The average molecular weight is 383 g/mol. The van der Waals surface area contributed by atoms with E-state index in [1.54, 1.807) is 0 Å². The van der Waals surface area contributed by atoms with Crippen molar-refractivity contribution in [1.82, 2.24) is 0 Å². The Balaban J connectivity index is 2.28. The van der Waals surface area contributed by atoms with Crippen LogP contribution in [0.5, 0.6) is 0 Å². The smallest absolute Gasteiger partial charge is 0.0633 e. The molecule has 1 nitrogen and oxygen atoms in total. The number of benzene rings is 2. The van der Waals surface area contributed by atoms with Gasteiger partial charge >= 0.3 is 0 Å². The molecule has 1 unspecified atom stereocenters. The molecule has 0 aliphatic rings. The van der Waals surface area contributed by atoms with Crippen LogP contribution in [0.3, 0.4) is 0 Å². The monoisotopic (exact) mass is 381 g/mol. The Kier molecular flexibility index (Phi) is 4.69. The number of anilines is 1. The minimum absolute atomic E-state index is 0.260. The molecule has 100 valence electrons. The predicted octanol–water partition coefficient (Wildman–Crippen LogP) is 6.00. The number of nitrogens with one attached hydrogen (secondary N) is 1. The van der Waals surface area contributed by atoms with Crippen LogP contribution in [-0.2, 0) is 0 Å². The first-order valence-corrected chi connectivity index (χ1v) is 7.85. The van der Waals surface area contributed by atoms with Gasteiger partial charge in [-0.25, -0.2) is 0 Å². The Morgan fingerprint density at radius 2 is 1.63 bits per heavy atom. The van der Waals surface area contributed by atoms with Gasteiger partial charge < -0.3 is 5.32 Å². The van der Waals surface area contributed by atoms with Crippen molar-refractivity contribution in [3.05, 3.63) is 62.0 Å². The molecule has 2 aromatic rings. The fourth-order valence-electron chi connectivity index (χ4n) is 2.24. The molecule has 2 rings (SSSR count). The highest BCUT2D eigenvalue weighted by Crippen LogP contribution is 2.34. The molecule has 1 atom stereocenters. The molecule has 3 heteroatoms. The van der Waals surface area contributed by atoms with Crippen LogP contribution >= 0.6 is 31.9 Å². The standard InChI is InChI=1S/C16H17Br2N/c1-10-7-8-13(11(2)9-10)12(3)19-16-14(17)5-4-6-15(16)18/h4-9,12,19H,1-3H3. The van der Waals surface area contributed by atoms with Gasteiger partial charge in [-0.1, -0.05) is 29.8 Å². The largest absolute Gasteiger partial charge is 0.377 e. The van der Waals surface area contributed by atoms with Crippen LogP contribution in [-0.4, -0.2) is 0 Å². The maximum absolute atomic E-state index is 3.59. The number of para-hydroxylation sites is 1. The van der Waals surface area contributed by atoms with Crippen molar-refractivity contribution < 1.29 is 0 Å². The van der Waals surface area contributed by atoms with Crippen LogP contribution in [0.15, 0.2) is 45.3 Å². The van der Waals surface area contributed by atoms with Gasteiger partial charge in [0.15, 0.2) is 0 Å². The molecule has 0 aliphatic heterocycles. The molecule has 0 fully saturated rings. The lowest BCUT2D eigenvalue weighted by Gasteiger charge is -2.20. The lowest BCUT2D eigenvalue weighted by Crippen LogP contribution is -2.09. The van der Waals surface area contributed by atoms with Crippen LogP contribution in [0.4, 0.5) is 5.69 Å². The quantitative estimate of drug-likeness (QED) is 0.686. The second kappa shape index (κ2) is 6.10. The highest BCUT2D eigenvalue weighted by atomic mass is 79.9. The van der Waals surface area contributed by atoms with Gasteiger partial charge in [-0.2, -0.15) is 0 Å². The molecule has 0 spiro atoms. The van der Waals surface area contributed by atoms with Crippen molar-refractivity contribution >= 4 is 37.5 Å². The third-order valence-corrected chi connectivity index (χ3v) is 4.54. The molecule has 0 aliphatic carbocycles. The van der Waals surface area contributed by atoms with Crippen LogP contribution in [0.25, 0.3) is 0 Å². The van der Waals surface area contributed by atoms with Gasteiger partial charge in [-0.3, -0.25) is 0 Å². The van der Waals surface area contributed by atoms with Gasteiger partial charge in [0, 0.05) is 15.0 Å². The summed E-state index contributed by atoms with van der Waals surface area (Å²) in [6.07, 6.45) is 0. The van der Waals surface area contributed by atoms with E-state index >= 15 is 0 Å². The van der Waals surface area contributed by atoms with Crippen LogP contribution in [0.1, 0.15) is 29.7 Å². The predicted molar refractivity (Wildman–Crippen MR) is 89.8 cm³/mol. The molecule has 0 saturated carbocycles. The molecule has 0 heterocycles. The van der Waals surface area contributed by atoms with E-state index in [1.165, 1.54) is 16.7 Å². The van der Waals surface area contributed by atoms with Gasteiger partial charge in [-0.15, -0.1) is 0 Å². The molecule has 1 N–H and O–H groups in total. The number of halogens is 2. The van der Waals surface area contributed by atoms with Crippen molar-refractivity contribution in [3.63, 3.8) is 0 Å². The minimum Gasteiger partial charge on any atom is -0.377 e. The summed E-state index contributed by atoms with van der Waals surface area (Å²) in [6.45, 7) is 6.47. The van der Waals surface area contributed by atoms with E-state index in [-0.39, 0.29) is 6.04 Å². The summed E-state index contributed by atoms with van der Waals surface area (Å²) in [6, 6.07) is 13.0. The van der Waals surface area contributed by atoms with E-state index in [9.17, 15) is 0 Å². The second-order valence-corrected chi connectivity index (χ2v) is 6.53. The summed E-state index contributed by atoms with van der Waals surface area (Å²) in [5, 5.41) is 3.56. The molecule has 2 aromatic carbocycles. The van der Waals surface area contributed by atoms with Gasteiger partial charge in [-0.05, 0) is 75.9 Å². The van der Waals surface area contributed by atoms with Crippen LogP contribution in [0, 0.1) is 13.8 Å². The molecule has 19 heavy (non-hydrogen) atoms. The average Bonchev–Trinajstić information content (AvgIpc) is 2.33. The van der Waals surface area contributed by atoms with E-state index in [4.69, 9.17) is 0 Å². The Hall–Kier alpha value is -0.800. The summed E-state index contributed by atoms with van der Waals surface area (Å²) in [4.78, 5) is 0. The third kappa shape index (κ3) is 3.40. The van der Waals surface area contributed by atoms with Gasteiger partial charge in [0.05, 0.1) is 5.69 Å². The van der Waals surface area contributed by atoms with Crippen molar-refractivity contribution in [2.24, 2.45) is 0 Å². The molecular weight excluding hydrogens is 366 g/mol. The molecule has 0 aromatic heterocycles. The van der Waals surface area contributed by atoms with Gasteiger partial charge in [0.25, 0.3) is 0 Å². The Bertz CT molecular complexity index is 573. The first-order valence-electron chi connectivity index (χ1n) is 6.26. The van der Waals surface area contributed by atoms with Gasteiger partial charge in [0.2, 0.25) is 0 Å². The summed E-state index contributed by atoms with van der Waals surface area (Å²) in [7, 11) is 0. The zero-order valence-electron chi connectivity index (χ0n) is 11.3. The summed E-state index contributed by atoms with van der Waals surface area (Å²) in [5.41, 5.74) is 5.04. The highest BCUT2D eigenvalue weighted by Gasteiger charge is 2.11. The van der Waals surface area contributed by atoms with Crippen molar-refractivity contribution in [1.29, 1.82) is 0 Å². The number of hydrogen-bond donors (Lipinski definition) is 1. The fraction of sp³-hybridized carbons (Fsp3) is 0.250. The zero-order valence-corrected chi connectivity index (χ0v) is 14.5. The lowest BCUT2D eigenvalue weighted by molar-refractivity contribution is 0.871. The first-order chi connectivity index (χ1) is 8.99. The fourth-order valence-corrected chi connectivity index (χ4v) is 3.47. The molecule has 0 amide bonds. The topological polar surface area (TPSA) is 12.0 Å². The van der Waals surface area contributed by atoms with E-state index in [2.05, 4.69) is 76.1 Å². The van der Waals surface area contributed by atoms with Crippen molar-refractivity contribution in [3.8, 4) is 0 Å². The van der Waals surface area contributed by atoms with E-state index in [1.807, 2.05) is 18.2 Å². The minimum atomic E-state index is 0.260. The third-order valence-electron chi connectivity index (χ3n) is 3.22. The second-order valence-electron chi connectivity index (χ2n) is 4.82. The molecule has 0 bridgehead atoms. The van der Waals surface area contributed by atoms with Crippen LogP contribution in [0.2, 0.25) is 0 Å². The number of aryl methyl sites for hydroxylation is 2. The number of rotatable bonds is 3. The van der Waals surface area contributed by atoms with Crippen molar-refractivity contribution in [2.45, 2.75) is 26.8 Å². The maximum atomic E-state index is 3.59. The summed E-state index contributed by atoms with van der Waals surface area (Å²) in [5.74, 6) is 0. The maximum Gasteiger partial charge on any atom is 0.0633 e. The molecular formula is C16H17Br2N. The Morgan fingerprint density at radius 1 is 1.00 bits per heavy atom. The highest BCUT2D eigenvalue weighted by molar-refractivity contribution is 9.11. The Labute approximate surface area is 131 Å². The number of hydrogen-bond acceptors (Lipinski definition) is 1. The van der Waals surface area contributed by atoms with Crippen molar-refractivity contribution in [2.75, 3.05) is 5.32 Å². The summed E-state index contributed by atoms with van der Waals surface area (Å²) < 4.78 is 2.14. The SMILES string of the molecule is Cc1ccc(C(C)Nc2c(Br)cccc2Br)c(C)c1. The Morgan fingerprint density at radius 3 is 2.21 bits per heavy atom. The summed E-state index contributed by atoms with van der Waals surface area (Å²) >= 11 is 7.17. The lowest BCUT2D eigenvalue weighted by atomic mass is 10.00. The van der Waals surface area contributed by atoms with Gasteiger partial charge in [0.1, 0.15) is 0 Å². The van der Waals surface area contributed by atoms with E-state index in [0.29, 0.717) is 0 Å². The van der Waals surface area contributed by atoms with E-state index in [0.717, 1.165) is 14.6 Å². The van der Waals surface area contributed by atoms with Crippen LogP contribution < -0.4 is 5.32 Å².